The number of anilines is 2. The highest BCUT2D eigenvalue weighted by molar-refractivity contribution is 6.25. The van der Waals surface area contributed by atoms with Gasteiger partial charge in [-0.15, -0.1) is 0 Å². The van der Waals surface area contributed by atoms with E-state index in [-0.39, 0.29) is 42.7 Å². The summed E-state index contributed by atoms with van der Waals surface area (Å²) in [6.07, 6.45) is 8.91. The Kier molecular flexibility index (Phi) is 11.4. The zero-order valence-electron chi connectivity index (χ0n) is 36.7. The molecule has 6 fully saturated rings. The molecule has 0 spiro atoms. The van der Waals surface area contributed by atoms with Gasteiger partial charge in [-0.1, -0.05) is 6.07 Å². The Morgan fingerprint density at radius 3 is 2.17 bits per heavy atom. The van der Waals surface area contributed by atoms with Gasteiger partial charge in [-0.25, -0.2) is 4.79 Å². The minimum atomic E-state index is -5.08. The number of amides is 5. The van der Waals surface area contributed by atoms with Crippen LogP contribution in [0.15, 0.2) is 42.7 Å². The molecule has 5 amide bonds. The largest absolute Gasteiger partial charge is 0.490 e. The second kappa shape index (κ2) is 17.1. The summed E-state index contributed by atoms with van der Waals surface area (Å²) in [5.41, 5.74) is 5.81. The predicted octanol–water partition coefficient (Wildman–Crippen LogP) is 4.80. The van der Waals surface area contributed by atoms with Gasteiger partial charge in [0.2, 0.25) is 17.7 Å². The smallest absolute Gasteiger partial charge is 0.489 e. The van der Waals surface area contributed by atoms with Crippen LogP contribution in [-0.4, -0.2) is 141 Å². The number of rotatable bonds is 9. The maximum atomic E-state index is 13.6. The quantitative estimate of drug-likeness (QED) is 0.281. The van der Waals surface area contributed by atoms with Crippen LogP contribution in [0.25, 0.3) is 11.1 Å². The standard InChI is InChI=1S/C45H52N8O6.C2HF3O2/c1-26-8-11-34-36(52(26)43(56)27-9-10-27)13-12-33(41(34)59-32-4-2-5-32)28-20-46-51(21-28)29-16-18-48(19-17-29)30-22-49(23-30)31-24-50(25-31)37-7-3-6-35-40(37)45(58)53(44(35)57)38-14-15-39(54)47-42(38)55;3-2(4,5)1(6)7/h3,6-7,12-13,20-21,26-27,29-32,38H,2,4-5,8-11,14-19,22-25H2,1H3,(H,47,54,55);(H,6,7)/t26-,38?;/m0./s1. The Balaban J connectivity index is 0.000000679. The molecule has 16 nitrogen and oxygen atoms in total. The Bertz CT molecular complexity index is 2470. The maximum absolute atomic E-state index is 13.6. The number of carboxylic acid groups (broad SMARTS) is 1. The van der Waals surface area contributed by atoms with Crippen molar-refractivity contribution in [1.82, 2.24) is 29.8 Å². The number of carbonyl (C=O) groups excluding carboxylic acids is 5. The summed E-state index contributed by atoms with van der Waals surface area (Å²) >= 11 is 0. The molecular formula is C47H53F3N8O8. The Morgan fingerprint density at radius 1 is 0.803 bits per heavy atom. The number of benzene rings is 2. The molecule has 4 saturated heterocycles. The molecule has 1 aromatic heterocycles. The number of aliphatic carboxylic acids is 1. The number of hydrogen-bond acceptors (Lipinski definition) is 11. The minimum Gasteiger partial charge on any atom is -0.489 e. The summed E-state index contributed by atoms with van der Waals surface area (Å²) in [6, 6.07) is 10.1. The lowest BCUT2D eigenvalue weighted by Gasteiger charge is -2.55. The molecule has 3 aromatic rings. The van der Waals surface area contributed by atoms with Crippen LogP contribution in [0.1, 0.15) is 103 Å². The molecule has 2 saturated carbocycles. The molecule has 11 rings (SSSR count). The van der Waals surface area contributed by atoms with Crippen LogP contribution in [0.3, 0.4) is 0 Å². The number of likely N-dealkylation sites (tertiary alicyclic amines) is 2. The van der Waals surface area contributed by atoms with E-state index in [9.17, 15) is 37.1 Å². The van der Waals surface area contributed by atoms with E-state index in [1.54, 1.807) is 12.1 Å². The van der Waals surface area contributed by atoms with E-state index < -0.39 is 35.9 Å². The average Bonchev–Trinajstić information content (AvgIpc) is 3.92. The highest BCUT2D eigenvalue weighted by Gasteiger charge is 2.48. The van der Waals surface area contributed by atoms with Gasteiger partial charge < -0.3 is 19.6 Å². The summed E-state index contributed by atoms with van der Waals surface area (Å²) in [7, 11) is 0. The number of alkyl halides is 3. The monoisotopic (exact) mass is 914 g/mol. The van der Waals surface area contributed by atoms with Gasteiger partial charge in [0.05, 0.1) is 40.8 Å². The topological polar surface area (TPSA) is 178 Å². The van der Waals surface area contributed by atoms with E-state index in [1.807, 2.05) is 12.3 Å². The maximum Gasteiger partial charge on any atom is 0.490 e. The number of nitrogens with one attached hydrogen (secondary N) is 1. The van der Waals surface area contributed by atoms with Crippen molar-refractivity contribution in [3.63, 3.8) is 0 Å². The molecule has 2 aliphatic carbocycles. The fourth-order valence-corrected chi connectivity index (χ4v) is 10.5. The van der Waals surface area contributed by atoms with E-state index in [0.29, 0.717) is 29.3 Å². The normalized spacial score (nSPS) is 24.5. The van der Waals surface area contributed by atoms with E-state index in [4.69, 9.17) is 19.7 Å². The van der Waals surface area contributed by atoms with Crippen LogP contribution in [-0.2, 0) is 25.6 Å². The number of imide groups is 2. The number of fused-ring (bicyclic) bond motifs is 2. The molecule has 350 valence electrons. The van der Waals surface area contributed by atoms with Crippen LogP contribution < -0.4 is 19.9 Å². The Morgan fingerprint density at radius 2 is 1.52 bits per heavy atom. The number of ether oxygens (including phenoxy) is 1. The third-order valence-electron chi connectivity index (χ3n) is 14.8. The zero-order valence-corrected chi connectivity index (χ0v) is 36.7. The van der Waals surface area contributed by atoms with Crippen molar-refractivity contribution in [2.24, 2.45) is 5.92 Å². The first kappa shape index (κ1) is 44.0. The zero-order chi connectivity index (χ0) is 46.2. The molecule has 0 radical (unpaired) electrons. The number of piperidine rings is 2. The van der Waals surface area contributed by atoms with Gasteiger partial charge in [-0.2, -0.15) is 18.3 Å². The van der Waals surface area contributed by atoms with Crippen molar-refractivity contribution in [2.75, 3.05) is 49.1 Å². The van der Waals surface area contributed by atoms with Gasteiger partial charge in [0.1, 0.15) is 11.8 Å². The molecule has 7 heterocycles. The lowest BCUT2D eigenvalue weighted by Crippen LogP contribution is -2.70. The van der Waals surface area contributed by atoms with Crippen LogP contribution >= 0.6 is 0 Å². The first-order valence-corrected chi connectivity index (χ1v) is 23.2. The molecule has 2 N–H and O–H groups in total. The fourth-order valence-electron chi connectivity index (χ4n) is 10.5. The first-order chi connectivity index (χ1) is 31.6. The third-order valence-corrected chi connectivity index (χ3v) is 14.8. The number of aromatic nitrogens is 2. The second-order valence-electron chi connectivity index (χ2n) is 19.1. The van der Waals surface area contributed by atoms with Crippen molar-refractivity contribution in [2.45, 2.75) is 120 Å². The highest BCUT2D eigenvalue weighted by Crippen LogP contribution is 2.47. The first-order valence-electron chi connectivity index (χ1n) is 23.2. The summed E-state index contributed by atoms with van der Waals surface area (Å²) in [5, 5.41) is 14.3. The lowest BCUT2D eigenvalue weighted by atomic mass is 9.91. The summed E-state index contributed by atoms with van der Waals surface area (Å²) in [4.78, 5) is 84.0. The van der Waals surface area contributed by atoms with Crippen molar-refractivity contribution in [3.05, 3.63) is 59.4 Å². The number of halogens is 3. The van der Waals surface area contributed by atoms with Crippen LogP contribution in [0.4, 0.5) is 24.5 Å². The van der Waals surface area contributed by atoms with E-state index in [1.165, 1.54) is 12.0 Å². The van der Waals surface area contributed by atoms with Crippen LogP contribution in [0, 0.1) is 5.92 Å². The summed E-state index contributed by atoms with van der Waals surface area (Å²) in [6.45, 7) is 7.84. The predicted molar refractivity (Wildman–Crippen MR) is 232 cm³/mol. The third kappa shape index (κ3) is 8.11. The van der Waals surface area contributed by atoms with Gasteiger partial charge in [-0.05, 0) is 95.4 Å². The van der Waals surface area contributed by atoms with E-state index in [2.05, 4.69) is 54.9 Å². The fraction of sp³-hybridized carbons (Fsp3) is 0.553. The highest BCUT2D eigenvalue weighted by atomic mass is 19.4. The summed E-state index contributed by atoms with van der Waals surface area (Å²) in [5.74, 6) is -3.25. The molecule has 8 aliphatic rings. The molecule has 2 atom stereocenters. The van der Waals surface area contributed by atoms with Gasteiger partial charge in [-0.3, -0.25) is 48.7 Å². The van der Waals surface area contributed by atoms with Gasteiger partial charge in [0.15, 0.2) is 0 Å². The molecule has 66 heavy (non-hydrogen) atoms. The molecule has 6 aliphatic heterocycles. The van der Waals surface area contributed by atoms with Gasteiger partial charge >= 0.3 is 12.1 Å². The van der Waals surface area contributed by atoms with Crippen molar-refractivity contribution >= 4 is 46.9 Å². The van der Waals surface area contributed by atoms with Crippen LogP contribution in [0.5, 0.6) is 5.75 Å². The summed E-state index contributed by atoms with van der Waals surface area (Å²) < 4.78 is 40.7. The molecule has 0 bridgehead atoms. The SMILES string of the molecule is C[C@H]1CCc2c(ccc(-c3cnn(C4CCN(C5CN(C6CN(c7cccc8c7C(=O)N(C7CCC(=O)NC7=O)C8=O)C6)C5)CC4)c3)c2OC2CCC2)N1C(=O)C1CC1.O=C(O)C(F)(F)F. The van der Waals surface area contributed by atoms with Crippen LogP contribution in [0.2, 0.25) is 0 Å². The number of carbonyl (C=O) groups is 6. The number of hydrogen-bond donors (Lipinski definition) is 2. The molecule has 1 unspecified atom stereocenters. The van der Waals surface area contributed by atoms with Crippen molar-refractivity contribution in [3.8, 4) is 16.9 Å². The Labute approximate surface area is 379 Å². The van der Waals surface area contributed by atoms with Crippen molar-refractivity contribution in [1.29, 1.82) is 0 Å². The van der Waals surface area contributed by atoms with Gasteiger partial charge in [0, 0.05) is 92.6 Å². The molecule has 2 aromatic carbocycles. The minimum absolute atomic E-state index is 0.1000. The number of nitrogens with zero attached hydrogens (tertiary/aromatic N) is 7. The lowest BCUT2D eigenvalue weighted by molar-refractivity contribution is -0.192. The molecule has 19 heteroatoms. The second-order valence-corrected chi connectivity index (χ2v) is 19.1. The number of carboxylic acids is 1. The molecular weight excluding hydrogens is 862 g/mol. The average molecular weight is 915 g/mol. The van der Waals surface area contributed by atoms with Crippen molar-refractivity contribution < 1.29 is 51.8 Å². The van der Waals surface area contributed by atoms with E-state index in [0.717, 1.165) is 124 Å². The van der Waals surface area contributed by atoms with Gasteiger partial charge in [0.25, 0.3) is 11.8 Å². The Hall–Kier alpha value is -5.82. The van der Waals surface area contributed by atoms with E-state index >= 15 is 0 Å².